The van der Waals surface area contributed by atoms with E-state index in [0.29, 0.717) is 12.3 Å². The third-order valence-corrected chi connectivity index (χ3v) is 4.15. The van der Waals surface area contributed by atoms with Crippen LogP contribution in [0.4, 0.5) is 5.69 Å². The molecular formula is C13H17BrN2O. The number of benzene rings is 1. The van der Waals surface area contributed by atoms with Crippen molar-refractivity contribution in [3.8, 4) is 0 Å². The number of rotatable bonds is 3. The highest BCUT2D eigenvalue weighted by molar-refractivity contribution is 9.10. The van der Waals surface area contributed by atoms with E-state index < -0.39 is 0 Å². The Balaban J connectivity index is 1.95. The molecule has 0 saturated carbocycles. The fourth-order valence-electron chi connectivity index (χ4n) is 2.10. The second kappa shape index (κ2) is 5.65. The van der Waals surface area contributed by atoms with Gasteiger partial charge in [-0.15, -0.1) is 0 Å². The van der Waals surface area contributed by atoms with E-state index in [9.17, 15) is 4.79 Å². The first-order valence-corrected chi connectivity index (χ1v) is 6.72. The van der Waals surface area contributed by atoms with Gasteiger partial charge in [0.05, 0.1) is 5.69 Å². The van der Waals surface area contributed by atoms with E-state index >= 15 is 0 Å². The SMILES string of the molecule is Cc1cccc(NC(=O)CC2CCNC2)c1Br. The van der Waals surface area contributed by atoms with Crippen LogP contribution in [-0.2, 0) is 4.79 Å². The molecule has 1 saturated heterocycles. The molecule has 1 aromatic carbocycles. The Morgan fingerprint density at radius 3 is 3.12 bits per heavy atom. The molecule has 2 N–H and O–H groups in total. The molecule has 1 fully saturated rings. The normalized spacial score (nSPS) is 19.3. The van der Waals surface area contributed by atoms with Crippen LogP contribution in [0.5, 0.6) is 0 Å². The maximum Gasteiger partial charge on any atom is 0.224 e. The summed E-state index contributed by atoms with van der Waals surface area (Å²) in [6.07, 6.45) is 1.70. The molecule has 1 aromatic rings. The van der Waals surface area contributed by atoms with Crippen LogP contribution in [-0.4, -0.2) is 19.0 Å². The summed E-state index contributed by atoms with van der Waals surface area (Å²) in [5, 5.41) is 6.24. The Kier molecular flexibility index (Phi) is 4.18. The van der Waals surface area contributed by atoms with Crippen LogP contribution >= 0.6 is 15.9 Å². The number of amides is 1. The molecule has 0 spiro atoms. The Bertz CT molecular complexity index is 414. The molecule has 0 radical (unpaired) electrons. The molecule has 4 heteroatoms. The van der Waals surface area contributed by atoms with Gasteiger partial charge in [-0.1, -0.05) is 12.1 Å². The molecular weight excluding hydrogens is 280 g/mol. The quantitative estimate of drug-likeness (QED) is 0.900. The number of halogens is 1. The molecule has 3 nitrogen and oxygen atoms in total. The van der Waals surface area contributed by atoms with E-state index in [0.717, 1.165) is 35.2 Å². The van der Waals surface area contributed by atoms with Crippen molar-refractivity contribution in [3.63, 3.8) is 0 Å². The summed E-state index contributed by atoms with van der Waals surface area (Å²) in [7, 11) is 0. The van der Waals surface area contributed by atoms with E-state index in [4.69, 9.17) is 0 Å². The fourth-order valence-corrected chi connectivity index (χ4v) is 2.46. The van der Waals surface area contributed by atoms with Crippen LogP contribution in [0, 0.1) is 12.8 Å². The van der Waals surface area contributed by atoms with Crippen LogP contribution in [0.3, 0.4) is 0 Å². The Morgan fingerprint density at radius 1 is 1.59 bits per heavy atom. The van der Waals surface area contributed by atoms with Gasteiger partial charge in [-0.3, -0.25) is 4.79 Å². The molecule has 1 amide bonds. The van der Waals surface area contributed by atoms with Gasteiger partial charge in [0, 0.05) is 10.9 Å². The average Bonchev–Trinajstić information content (AvgIpc) is 2.77. The first kappa shape index (κ1) is 12.6. The minimum Gasteiger partial charge on any atom is -0.325 e. The molecule has 1 unspecified atom stereocenters. The molecule has 1 heterocycles. The number of hydrogen-bond acceptors (Lipinski definition) is 2. The third kappa shape index (κ3) is 3.30. The lowest BCUT2D eigenvalue weighted by molar-refractivity contribution is -0.116. The number of carbonyl (C=O) groups is 1. The molecule has 2 rings (SSSR count). The van der Waals surface area contributed by atoms with Gasteiger partial charge < -0.3 is 10.6 Å². The van der Waals surface area contributed by atoms with Crippen molar-refractivity contribution in [2.75, 3.05) is 18.4 Å². The zero-order valence-corrected chi connectivity index (χ0v) is 11.5. The molecule has 17 heavy (non-hydrogen) atoms. The van der Waals surface area contributed by atoms with Crippen LogP contribution in [0.2, 0.25) is 0 Å². The first-order valence-electron chi connectivity index (χ1n) is 5.92. The minimum absolute atomic E-state index is 0.102. The van der Waals surface area contributed by atoms with Crippen LogP contribution < -0.4 is 10.6 Å². The Labute approximate surface area is 110 Å². The monoisotopic (exact) mass is 296 g/mol. The van der Waals surface area contributed by atoms with E-state index in [2.05, 4.69) is 26.6 Å². The van der Waals surface area contributed by atoms with Crippen molar-refractivity contribution < 1.29 is 4.79 Å². The molecule has 92 valence electrons. The molecule has 0 aliphatic carbocycles. The van der Waals surface area contributed by atoms with Gasteiger partial charge in [-0.05, 0) is 59.9 Å². The summed E-state index contributed by atoms with van der Waals surface area (Å²) in [5.74, 6) is 0.587. The van der Waals surface area contributed by atoms with Gasteiger partial charge >= 0.3 is 0 Å². The lowest BCUT2D eigenvalue weighted by Gasteiger charge is -2.11. The summed E-state index contributed by atoms with van der Waals surface area (Å²) < 4.78 is 0.970. The van der Waals surface area contributed by atoms with Crippen LogP contribution in [0.15, 0.2) is 22.7 Å². The number of nitrogens with one attached hydrogen (secondary N) is 2. The summed E-state index contributed by atoms with van der Waals surface area (Å²) >= 11 is 3.49. The van der Waals surface area contributed by atoms with Crippen LogP contribution in [0.25, 0.3) is 0 Å². The zero-order valence-electron chi connectivity index (χ0n) is 9.92. The zero-order chi connectivity index (χ0) is 12.3. The Morgan fingerprint density at radius 2 is 2.41 bits per heavy atom. The summed E-state index contributed by atoms with van der Waals surface area (Å²) in [4.78, 5) is 11.9. The van der Waals surface area contributed by atoms with E-state index in [1.807, 2.05) is 25.1 Å². The highest BCUT2D eigenvalue weighted by Crippen LogP contribution is 2.26. The van der Waals surface area contributed by atoms with Crippen molar-refractivity contribution in [2.24, 2.45) is 5.92 Å². The standard InChI is InChI=1S/C13H17BrN2O/c1-9-3-2-4-11(13(9)14)16-12(17)7-10-5-6-15-8-10/h2-4,10,15H,5-8H2,1H3,(H,16,17). The summed E-state index contributed by atoms with van der Waals surface area (Å²) in [5.41, 5.74) is 1.99. The van der Waals surface area contributed by atoms with Crippen molar-refractivity contribution in [2.45, 2.75) is 19.8 Å². The Hall–Kier alpha value is -0.870. The van der Waals surface area contributed by atoms with Gasteiger partial charge in [-0.25, -0.2) is 0 Å². The number of hydrogen-bond donors (Lipinski definition) is 2. The number of carbonyl (C=O) groups excluding carboxylic acids is 1. The minimum atomic E-state index is 0.102. The summed E-state index contributed by atoms with van der Waals surface area (Å²) in [6.45, 7) is 4.01. The van der Waals surface area contributed by atoms with E-state index in [1.54, 1.807) is 0 Å². The molecule has 0 aromatic heterocycles. The second-order valence-electron chi connectivity index (χ2n) is 4.55. The maximum atomic E-state index is 11.9. The molecule has 1 aliphatic heterocycles. The fraction of sp³-hybridized carbons (Fsp3) is 0.462. The highest BCUT2D eigenvalue weighted by Gasteiger charge is 2.18. The average molecular weight is 297 g/mol. The number of aryl methyl sites for hydroxylation is 1. The molecule has 0 bridgehead atoms. The number of anilines is 1. The van der Waals surface area contributed by atoms with Crippen molar-refractivity contribution >= 4 is 27.5 Å². The molecule has 1 aliphatic rings. The van der Waals surface area contributed by atoms with Crippen molar-refractivity contribution in [1.29, 1.82) is 0 Å². The van der Waals surface area contributed by atoms with Gasteiger partial charge in [0.2, 0.25) is 5.91 Å². The largest absolute Gasteiger partial charge is 0.325 e. The highest BCUT2D eigenvalue weighted by atomic mass is 79.9. The van der Waals surface area contributed by atoms with Crippen molar-refractivity contribution in [3.05, 3.63) is 28.2 Å². The lowest BCUT2D eigenvalue weighted by atomic mass is 10.0. The van der Waals surface area contributed by atoms with E-state index in [-0.39, 0.29) is 5.91 Å². The topological polar surface area (TPSA) is 41.1 Å². The van der Waals surface area contributed by atoms with E-state index in [1.165, 1.54) is 0 Å². The van der Waals surface area contributed by atoms with Gasteiger partial charge in [0.15, 0.2) is 0 Å². The van der Waals surface area contributed by atoms with Crippen LogP contribution in [0.1, 0.15) is 18.4 Å². The van der Waals surface area contributed by atoms with Crippen molar-refractivity contribution in [1.82, 2.24) is 5.32 Å². The van der Waals surface area contributed by atoms with Gasteiger partial charge in [0.25, 0.3) is 0 Å². The van der Waals surface area contributed by atoms with Gasteiger partial charge in [-0.2, -0.15) is 0 Å². The lowest BCUT2D eigenvalue weighted by Crippen LogP contribution is -2.18. The summed E-state index contributed by atoms with van der Waals surface area (Å²) in [6, 6.07) is 5.88. The van der Waals surface area contributed by atoms with Gasteiger partial charge in [0.1, 0.15) is 0 Å². The maximum absolute atomic E-state index is 11.9. The molecule has 1 atom stereocenters. The smallest absolute Gasteiger partial charge is 0.224 e. The third-order valence-electron chi connectivity index (χ3n) is 3.10. The predicted molar refractivity (Wildman–Crippen MR) is 73.1 cm³/mol. The predicted octanol–water partition coefficient (Wildman–Crippen LogP) is 2.70. The first-order chi connectivity index (χ1) is 8.16. The second-order valence-corrected chi connectivity index (χ2v) is 5.34.